The summed E-state index contributed by atoms with van der Waals surface area (Å²) in [6, 6.07) is 10.4. The lowest BCUT2D eigenvalue weighted by Crippen LogP contribution is -2.24. The first-order chi connectivity index (χ1) is 8.86. The van der Waals surface area contributed by atoms with E-state index in [-0.39, 0.29) is 11.3 Å². The average Bonchev–Trinajstić information content (AvgIpc) is 2.35. The number of benzene rings is 1. The van der Waals surface area contributed by atoms with Crippen LogP contribution in [0.5, 0.6) is 0 Å². The fourth-order valence-corrected chi connectivity index (χ4v) is 2.28. The zero-order valence-electron chi connectivity index (χ0n) is 12.6. The van der Waals surface area contributed by atoms with E-state index in [4.69, 9.17) is 0 Å². The van der Waals surface area contributed by atoms with Crippen molar-refractivity contribution in [2.75, 3.05) is 0 Å². The molecule has 0 spiro atoms. The van der Waals surface area contributed by atoms with Crippen LogP contribution in [0.15, 0.2) is 43.0 Å². The van der Waals surface area contributed by atoms with Gasteiger partial charge in [-0.2, -0.15) is 0 Å². The van der Waals surface area contributed by atoms with E-state index >= 15 is 0 Å². The van der Waals surface area contributed by atoms with Gasteiger partial charge in [-0.15, -0.1) is 6.58 Å². The summed E-state index contributed by atoms with van der Waals surface area (Å²) in [5.41, 5.74) is 0.996. The highest BCUT2D eigenvalue weighted by Gasteiger charge is 2.27. The van der Waals surface area contributed by atoms with Gasteiger partial charge >= 0.3 is 0 Å². The second kappa shape index (κ2) is 6.70. The number of rotatable bonds is 6. The summed E-state index contributed by atoms with van der Waals surface area (Å²) in [6.07, 6.45) is 3.50. The Labute approximate surface area is 117 Å². The van der Waals surface area contributed by atoms with Crippen LogP contribution >= 0.6 is 0 Å². The lowest BCUT2D eigenvalue weighted by molar-refractivity contribution is -0.126. The number of allylic oxidation sites excluding steroid dienone is 1. The maximum atomic E-state index is 12.3. The quantitative estimate of drug-likeness (QED) is 0.657. The van der Waals surface area contributed by atoms with Crippen LogP contribution in [-0.4, -0.2) is 5.78 Å². The van der Waals surface area contributed by atoms with Gasteiger partial charge < -0.3 is 0 Å². The van der Waals surface area contributed by atoms with Gasteiger partial charge in [0.1, 0.15) is 5.78 Å². The van der Waals surface area contributed by atoms with E-state index in [0.717, 1.165) is 6.42 Å². The van der Waals surface area contributed by atoms with Crippen LogP contribution in [-0.2, 0) is 4.79 Å². The summed E-state index contributed by atoms with van der Waals surface area (Å²) in [5.74, 6) is 1.05. The van der Waals surface area contributed by atoms with E-state index in [1.807, 2.05) is 45.0 Å². The lowest BCUT2D eigenvalue weighted by Gasteiger charge is -2.26. The monoisotopic (exact) mass is 258 g/mol. The Morgan fingerprint density at radius 3 is 2.32 bits per heavy atom. The number of Topliss-reactive ketones (excluding diaryl/α,β-unsaturated/α-hetero) is 1. The fraction of sp³-hybridized carbons (Fsp3) is 0.500. The third kappa shape index (κ3) is 4.66. The number of carbonyl (C=O) groups excluding carboxylic acids is 1. The highest BCUT2D eigenvalue weighted by molar-refractivity contribution is 5.84. The average molecular weight is 258 g/mol. The molecule has 1 aromatic rings. The lowest BCUT2D eigenvalue weighted by atomic mass is 9.77. The molecule has 0 N–H and O–H groups in total. The topological polar surface area (TPSA) is 17.1 Å². The molecule has 0 radical (unpaired) electrons. The molecule has 1 rings (SSSR count). The molecule has 0 aliphatic heterocycles. The van der Waals surface area contributed by atoms with Crippen LogP contribution in [0, 0.1) is 11.3 Å². The molecule has 19 heavy (non-hydrogen) atoms. The normalized spacial score (nSPS) is 14.7. The van der Waals surface area contributed by atoms with Crippen LogP contribution in [0.4, 0.5) is 0 Å². The molecule has 0 aliphatic carbocycles. The molecule has 0 aromatic heterocycles. The Bertz CT molecular complexity index is 411. The van der Waals surface area contributed by atoms with E-state index in [0.29, 0.717) is 18.1 Å². The maximum absolute atomic E-state index is 12.3. The van der Waals surface area contributed by atoms with Crippen molar-refractivity contribution in [2.45, 2.75) is 46.5 Å². The molecule has 2 atom stereocenters. The van der Waals surface area contributed by atoms with E-state index in [1.165, 1.54) is 5.56 Å². The molecular formula is C18H26O. The van der Waals surface area contributed by atoms with E-state index in [2.05, 4.69) is 25.6 Å². The highest BCUT2D eigenvalue weighted by Crippen LogP contribution is 2.33. The van der Waals surface area contributed by atoms with E-state index in [9.17, 15) is 4.79 Å². The summed E-state index contributed by atoms with van der Waals surface area (Å²) < 4.78 is 0. The van der Waals surface area contributed by atoms with E-state index < -0.39 is 0 Å². The summed E-state index contributed by atoms with van der Waals surface area (Å²) in [7, 11) is 0. The minimum atomic E-state index is -0.263. The first kappa shape index (κ1) is 15.7. The van der Waals surface area contributed by atoms with Gasteiger partial charge in [0.2, 0.25) is 0 Å². The van der Waals surface area contributed by atoms with Crippen molar-refractivity contribution >= 4 is 5.78 Å². The van der Waals surface area contributed by atoms with Crippen LogP contribution in [0.3, 0.4) is 0 Å². The molecule has 0 aliphatic rings. The van der Waals surface area contributed by atoms with Crippen molar-refractivity contribution in [3.63, 3.8) is 0 Å². The third-order valence-electron chi connectivity index (χ3n) is 3.69. The van der Waals surface area contributed by atoms with Crippen LogP contribution < -0.4 is 0 Å². The zero-order chi connectivity index (χ0) is 14.5. The van der Waals surface area contributed by atoms with Gasteiger partial charge in [0.05, 0.1) is 0 Å². The second-order valence-electron chi connectivity index (χ2n) is 6.40. The van der Waals surface area contributed by atoms with Crippen molar-refractivity contribution in [3.05, 3.63) is 48.6 Å². The minimum Gasteiger partial charge on any atom is -0.299 e. The Balaban J connectivity index is 2.94. The summed E-state index contributed by atoms with van der Waals surface area (Å²) in [5, 5.41) is 0. The number of hydrogen-bond acceptors (Lipinski definition) is 1. The standard InChI is InChI=1S/C18H26O/c1-6-10-14(2)16(13-17(19)18(3,4)5)15-11-8-7-9-12-15/h6-9,11-12,14,16H,1,10,13H2,2-5H3/t14-,16+/m1/s1. The molecule has 0 bridgehead atoms. The first-order valence-corrected chi connectivity index (χ1v) is 7.05. The minimum absolute atomic E-state index is 0.263. The number of ketones is 1. The number of hydrogen-bond donors (Lipinski definition) is 0. The first-order valence-electron chi connectivity index (χ1n) is 7.05. The molecule has 0 heterocycles. The van der Waals surface area contributed by atoms with Crippen LogP contribution in [0.25, 0.3) is 0 Å². The molecule has 1 heteroatoms. The predicted octanol–water partition coefficient (Wildman–Crippen LogP) is 4.99. The molecule has 0 amide bonds. The Kier molecular flexibility index (Phi) is 5.53. The van der Waals surface area contributed by atoms with Crippen LogP contribution in [0.1, 0.15) is 52.0 Å². The maximum Gasteiger partial charge on any atom is 0.138 e. The second-order valence-corrected chi connectivity index (χ2v) is 6.40. The highest BCUT2D eigenvalue weighted by atomic mass is 16.1. The summed E-state index contributed by atoms with van der Waals surface area (Å²) >= 11 is 0. The van der Waals surface area contributed by atoms with E-state index in [1.54, 1.807) is 0 Å². The molecule has 0 saturated carbocycles. The fourth-order valence-electron chi connectivity index (χ4n) is 2.28. The van der Waals surface area contributed by atoms with Gasteiger partial charge in [-0.05, 0) is 23.8 Å². The Hall–Kier alpha value is -1.37. The molecule has 1 aromatic carbocycles. The molecule has 0 fully saturated rings. The van der Waals surface area contributed by atoms with Crippen molar-refractivity contribution < 1.29 is 4.79 Å². The molecule has 0 saturated heterocycles. The van der Waals surface area contributed by atoms with Crippen molar-refractivity contribution in [1.29, 1.82) is 0 Å². The smallest absolute Gasteiger partial charge is 0.138 e. The van der Waals surface area contributed by atoms with Gasteiger partial charge in [-0.25, -0.2) is 0 Å². The molecule has 1 nitrogen and oxygen atoms in total. The third-order valence-corrected chi connectivity index (χ3v) is 3.69. The summed E-state index contributed by atoms with van der Waals surface area (Å²) in [4.78, 5) is 12.3. The van der Waals surface area contributed by atoms with Gasteiger partial charge in [0, 0.05) is 11.8 Å². The number of carbonyl (C=O) groups is 1. The van der Waals surface area contributed by atoms with Gasteiger partial charge in [-0.3, -0.25) is 4.79 Å². The Morgan fingerprint density at radius 2 is 1.84 bits per heavy atom. The molecule has 0 unspecified atom stereocenters. The van der Waals surface area contributed by atoms with Crippen molar-refractivity contribution in [2.24, 2.45) is 11.3 Å². The molecule has 104 valence electrons. The van der Waals surface area contributed by atoms with Crippen molar-refractivity contribution in [3.8, 4) is 0 Å². The SMILES string of the molecule is C=CC[C@@H](C)[C@H](CC(=O)C(C)(C)C)c1ccccc1. The zero-order valence-corrected chi connectivity index (χ0v) is 12.6. The van der Waals surface area contributed by atoms with Gasteiger partial charge in [-0.1, -0.05) is 64.1 Å². The Morgan fingerprint density at radius 1 is 1.26 bits per heavy atom. The largest absolute Gasteiger partial charge is 0.299 e. The van der Waals surface area contributed by atoms with Crippen LogP contribution in [0.2, 0.25) is 0 Å². The summed E-state index contributed by atoms with van der Waals surface area (Å²) in [6.45, 7) is 12.0. The molecular weight excluding hydrogens is 232 g/mol. The van der Waals surface area contributed by atoms with Crippen molar-refractivity contribution in [1.82, 2.24) is 0 Å². The van der Waals surface area contributed by atoms with Gasteiger partial charge in [0.25, 0.3) is 0 Å². The van der Waals surface area contributed by atoms with Gasteiger partial charge in [0.15, 0.2) is 0 Å². The predicted molar refractivity (Wildman–Crippen MR) is 82.2 cm³/mol.